The van der Waals surface area contributed by atoms with Gasteiger partial charge in [0.1, 0.15) is 6.29 Å². The number of likely N-dealkylation sites (N-methyl/N-ethyl adjacent to an activating group) is 1. The molecule has 0 unspecified atom stereocenters. The lowest BCUT2D eigenvalue weighted by molar-refractivity contribution is -0.137. The summed E-state index contributed by atoms with van der Waals surface area (Å²) in [4.78, 5) is 46.6. The molecule has 0 atom stereocenters. The van der Waals surface area contributed by atoms with Gasteiger partial charge >= 0.3 is 0 Å². The molecule has 0 radical (unpaired) electrons. The smallest absolute Gasteiger partial charge is 0.253 e. The van der Waals surface area contributed by atoms with Crippen molar-refractivity contribution < 1.29 is 28.7 Å². The number of imide groups is 1. The lowest BCUT2D eigenvalue weighted by atomic mass is 10.4. The molecule has 0 aromatic carbocycles. The molecule has 1 aliphatic rings. The van der Waals surface area contributed by atoms with Crippen LogP contribution in [0.4, 0.5) is 0 Å². The van der Waals surface area contributed by atoms with Crippen LogP contribution in [0.15, 0.2) is 24.3 Å². The fraction of sp³-hybridized carbons (Fsp3) is 0.529. The minimum absolute atomic E-state index is 0.213. The molecule has 0 bridgehead atoms. The second-order valence-electron chi connectivity index (χ2n) is 4.64. The van der Waals surface area contributed by atoms with E-state index in [1.165, 1.54) is 23.1 Å². The van der Waals surface area contributed by atoms with Crippen LogP contribution in [0.25, 0.3) is 0 Å². The average Bonchev–Trinajstić information content (AvgIpc) is 2.95. The van der Waals surface area contributed by atoms with Gasteiger partial charge in [-0.2, -0.15) is 0 Å². The summed E-state index contributed by atoms with van der Waals surface area (Å²) >= 11 is 0. The Morgan fingerprint density at radius 3 is 2.20 bits per heavy atom. The first-order valence-corrected chi connectivity index (χ1v) is 8.12. The maximum Gasteiger partial charge on any atom is 0.253 e. The molecule has 0 spiro atoms. The van der Waals surface area contributed by atoms with Gasteiger partial charge in [0, 0.05) is 31.8 Å². The van der Waals surface area contributed by atoms with Gasteiger partial charge in [-0.15, -0.1) is 0 Å². The minimum atomic E-state index is -0.328. The van der Waals surface area contributed by atoms with Crippen LogP contribution >= 0.6 is 0 Å². The highest BCUT2D eigenvalue weighted by molar-refractivity contribution is 6.12. The Morgan fingerprint density at radius 1 is 1.08 bits per heavy atom. The number of carbonyl (C=O) groups is 4. The number of nitrogens with zero attached hydrogens (tertiary/aromatic N) is 2. The van der Waals surface area contributed by atoms with Gasteiger partial charge in [0.2, 0.25) is 5.91 Å². The number of amides is 3. The number of aldehydes is 1. The lowest BCUT2D eigenvalue weighted by Gasteiger charge is -2.15. The quantitative estimate of drug-likeness (QED) is 0.227. The van der Waals surface area contributed by atoms with E-state index in [9.17, 15) is 19.2 Å². The van der Waals surface area contributed by atoms with Gasteiger partial charge in [0.05, 0.1) is 33.0 Å². The summed E-state index contributed by atoms with van der Waals surface area (Å²) in [5.41, 5.74) is 0. The first kappa shape index (κ1) is 22.7. The lowest BCUT2D eigenvalue weighted by Crippen LogP contribution is -2.33. The highest BCUT2D eigenvalue weighted by Gasteiger charge is 2.22. The topological polar surface area (TPSA) is 93.2 Å². The summed E-state index contributed by atoms with van der Waals surface area (Å²) in [7, 11) is 1.61. The van der Waals surface area contributed by atoms with Gasteiger partial charge in [-0.3, -0.25) is 24.1 Å². The van der Waals surface area contributed by atoms with E-state index in [1.54, 1.807) is 7.05 Å². The van der Waals surface area contributed by atoms with E-state index in [-0.39, 0.29) is 30.9 Å². The summed E-state index contributed by atoms with van der Waals surface area (Å²) in [6.07, 6.45) is 5.32. The Bertz CT molecular complexity index is 483. The molecule has 25 heavy (non-hydrogen) atoms. The van der Waals surface area contributed by atoms with Crippen LogP contribution in [0.1, 0.15) is 13.8 Å². The third-order valence-electron chi connectivity index (χ3n) is 3.00. The highest BCUT2D eigenvalue weighted by Crippen LogP contribution is 2.02. The van der Waals surface area contributed by atoms with Gasteiger partial charge in [-0.05, 0) is 6.08 Å². The summed E-state index contributed by atoms with van der Waals surface area (Å²) in [6, 6.07) is 0. The molecule has 0 saturated carbocycles. The van der Waals surface area contributed by atoms with Crippen molar-refractivity contribution in [3.05, 3.63) is 24.3 Å². The van der Waals surface area contributed by atoms with E-state index in [0.717, 1.165) is 11.0 Å². The molecular formula is C17H26N2O6. The zero-order valence-corrected chi connectivity index (χ0v) is 15.0. The van der Waals surface area contributed by atoms with Crippen LogP contribution in [0, 0.1) is 0 Å². The third kappa shape index (κ3) is 9.53. The molecule has 0 N–H and O–H groups in total. The Balaban J connectivity index is 0.00000277. The second-order valence-corrected chi connectivity index (χ2v) is 4.64. The zero-order chi connectivity index (χ0) is 19.1. The van der Waals surface area contributed by atoms with Crippen molar-refractivity contribution >= 4 is 24.0 Å². The Morgan fingerprint density at radius 2 is 1.64 bits per heavy atom. The van der Waals surface area contributed by atoms with E-state index in [0.29, 0.717) is 32.7 Å². The Labute approximate surface area is 148 Å². The number of hydrogen-bond donors (Lipinski definition) is 0. The molecule has 0 fully saturated rings. The van der Waals surface area contributed by atoms with Gasteiger partial charge < -0.3 is 14.4 Å². The number of carbonyl (C=O) groups excluding carboxylic acids is 4. The maximum absolute atomic E-state index is 11.4. The molecule has 0 aromatic heterocycles. The SMILES string of the molecule is CC.CN(CCOCCOCCN1C(=O)C=CC1=O)C(=O)/C=C\C=O. The van der Waals surface area contributed by atoms with E-state index < -0.39 is 0 Å². The summed E-state index contributed by atoms with van der Waals surface area (Å²) in [5, 5.41) is 0. The van der Waals surface area contributed by atoms with Gasteiger partial charge in [-0.1, -0.05) is 13.8 Å². The third-order valence-corrected chi connectivity index (χ3v) is 3.00. The number of ether oxygens (including phenoxy) is 2. The molecule has 140 valence electrons. The standard InChI is InChI=1S/C15H20N2O6.C2H6/c1-16(13(19)3-2-8-18)6-9-22-11-12-23-10-7-17-14(20)4-5-15(17)21;1-2/h2-5,8H,6-7,9-12H2,1H3;1-2H3/b3-2-;. The number of hydrogen-bond acceptors (Lipinski definition) is 6. The molecule has 8 nitrogen and oxygen atoms in total. The predicted octanol–water partition coefficient (Wildman–Crippen LogP) is 0.184. The van der Waals surface area contributed by atoms with E-state index in [4.69, 9.17) is 9.47 Å². The van der Waals surface area contributed by atoms with Crippen molar-refractivity contribution in [1.82, 2.24) is 9.80 Å². The molecule has 3 amide bonds. The van der Waals surface area contributed by atoms with E-state index >= 15 is 0 Å². The minimum Gasteiger partial charge on any atom is -0.377 e. The van der Waals surface area contributed by atoms with Crippen LogP contribution in [0.5, 0.6) is 0 Å². The fourth-order valence-electron chi connectivity index (χ4n) is 1.69. The normalized spacial score (nSPS) is 13.2. The van der Waals surface area contributed by atoms with Crippen molar-refractivity contribution in [2.45, 2.75) is 13.8 Å². The predicted molar refractivity (Wildman–Crippen MR) is 91.7 cm³/mol. The first-order valence-electron chi connectivity index (χ1n) is 8.12. The van der Waals surface area contributed by atoms with Crippen LogP contribution in [-0.4, -0.2) is 80.4 Å². The highest BCUT2D eigenvalue weighted by atomic mass is 16.5. The molecule has 0 aromatic rings. The van der Waals surface area contributed by atoms with E-state index in [1.807, 2.05) is 13.8 Å². The molecule has 0 saturated heterocycles. The largest absolute Gasteiger partial charge is 0.377 e. The van der Waals surface area contributed by atoms with Crippen molar-refractivity contribution in [2.75, 3.05) is 46.6 Å². The van der Waals surface area contributed by atoms with Crippen LogP contribution < -0.4 is 0 Å². The first-order chi connectivity index (χ1) is 12.1. The molecule has 8 heteroatoms. The summed E-state index contributed by atoms with van der Waals surface area (Å²) in [5.74, 6) is -0.928. The van der Waals surface area contributed by atoms with Gasteiger partial charge in [0.15, 0.2) is 0 Å². The number of rotatable bonds is 11. The Kier molecular flexibility index (Phi) is 12.8. The molecule has 1 rings (SSSR count). The van der Waals surface area contributed by atoms with Crippen molar-refractivity contribution in [3.8, 4) is 0 Å². The second kappa shape index (κ2) is 14.1. The molecule has 1 heterocycles. The van der Waals surface area contributed by atoms with Crippen LogP contribution in [0.3, 0.4) is 0 Å². The number of allylic oxidation sites excluding steroid dienone is 1. The monoisotopic (exact) mass is 354 g/mol. The van der Waals surface area contributed by atoms with E-state index in [2.05, 4.69) is 0 Å². The van der Waals surface area contributed by atoms with Gasteiger partial charge in [0.25, 0.3) is 11.8 Å². The average molecular weight is 354 g/mol. The van der Waals surface area contributed by atoms with Crippen LogP contribution in [-0.2, 0) is 28.7 Å². The molecular weight excluding hydrogens is 328 g/mol. The zero-order valence-electron chi connectivity index (χ0n) is 15.0. The summed E-state index contributed by atoms with van der Waals surface area (Å²) < 4.78 is 10.6. The molecule has 0 aliphatic carbocycles. The Hall–Kier alpha value is -2.32. The maximum atomic E-state index is 11.4. The summed E-state index contributed by atoms with van der Waals surface area (Å²) in [6.45, 7) is 5.86. The van der Waals surface area contributed by atoms with Crippen molar-refractivity contribution in [3.63, 3.8) is 0 Å². The van der Waals surface area contributed by atoms with Crippen LogP contribution in [0.2, 0.25) is 0 Å². The fourth-order valence-corrected chi connectivity index (χ4v) is 1.69. The van der Waals surface area contributed by atoms with Crippen molar-refractivity contribution in [2.24, 2.45) is 0 Å². The van der Waals surface area contributed by atoms with Gasteiger partial charge in [-0.25, -0.2) is 0 Å². The van der Waals surface area contributed by atoms with Crippen molar-refractivity contribution in [1.29, 1.82) is 0 Å². The molecule has 1 aliphatic heterocycles.